The fraction of sp³-hybridized carbons (Fsp3) is 0.308. The van der Waals surface area contributed by atoms with Crippen LogP contribution in [0.5, 0.6) is 0 Å². The van der Waals surface area contributed by atoms with Crippen molar-refractivity contribution in [3.8, 4) is 5.69 Å². The summed E-state index contributed by atoms with van der Waals surface area (Å²) in [4.78, 5) is 0. The maximum atomic E-state index is 4.55. The van der Waals surface area contributed by atoms with E-state index in [1.54, 1.807) is 0 Å². The van der Waals surface area contributed by atoms with Crippen LogP contribution < -0.4 is 5.32 Å². The van der Waals surface area contributed by atoms with Gasteiger partial charge < -0.3 is 5.32 Å². The van der Waals surface area contributed by atoms with Crippen LogP contribution in [0.1, 0.15) is 16.8 Å². The zero-order valence-corrected chi connectivity index (χ0v) is 11.9. The molecule has 0 unspecified atom stereocenters. The molecule has 0 aliphatic heterocycles. The van der Waals surface area contributed by atoms with Crippen LogP contribution in [0.15, 0.2) is 28.9 Å². The molecular weight excluding hydrogens is 278 g/mol. The Hall–Kier alpha value is -1.13. The summed E-state index contributed by atoms with van der Waals surface area (Å²) in [5.41, 5.74) is 4.62. The SMILES string of the molecule is CNCc1ccn(-c2c(C)cc(C)cc2Br)n1. The molecule has 2 rings (SSSR count). The van der Waals surface area contributed by atoms with E-state index in [1.165, 1.54) is 11.1 Å². The molecule has 3 nitrogen and oxygen atoms in total. The number of hydrogen-bond donors (Lipinski definition) is 1. The third-order valence-corrected chi connectivity index (χ3v) is 3.23. The van der Waals surface area contributed by atoms with Crippen LogP contribution in [0.4, 0.5) is 0 Å². The van der Waals surface area contributed by atoms with E-state index in [9.17, 15) is 0 Å². The van der Waals surface area contributed by atoms with Gasteiger partial charge in [0.15, 0.2) is 0 Å². The first-order chi connectivity index (χ1) is 8.11. The zero-order valence-electron chi connectivity index (χ0n) is 10.3. The fourth-order valence-electron chi connectivity index (χ4n) is 1.96. The molecule has 0 fully saturated rings. The lowest BCUT2D eigenvalue weighted by Gasteiger charge is -2.10. The Morgan fingerprint density at radius 1 is 1.35 bits per heavy atom. The Morgan fingerprint density at radius 2 is 2.12 bits per heavy atom. The summed E-state index contributed by atoms with van der Waals surface area (Å²) in [6, 6.07) is 6.31. The van der Waals surface area contributed by atoms with Crippen molar-refractivity contribution in [1.82, 2.24) is 15.1 Å². The summed E-state index contributed by atoms with van der Waals surface area (Å²) in [7, 11) is 1.92. The third kappa shape index (κ3) is 2.58. The molecule has 0 aliphatic carbocycles. The molecule has 0 spiro atoms. The Bertz CT molecular complexity index is 508. The molecule has 1 aromatic carbocycles. The molecule has 1 heterocycles. The van der Waals surface area contributed by atoms with Gasteiger partial charge in [0, 0.05) is 17.2 Å². The fourth-order valence-corrected chi connectivity index (χ4v) is 2.82. The van der Waals surface area contributed by atoms with E-state index in [1.807, 2.05) is 24.0 Å². The number of benzene rings is 1. The van der Waals surface area contributed by atoms with Crippen molar-refractivity contribution in [3.63, 3.8) is 0 Å². The topological polar surface area (TPSA) is 29.9 Å². The predicted molar refractivity (Wildman–Crippen MR) is 73.5 cm³/mol. The molecule has 90 valence electrons. The van der Waals surface area contributed by atoms with Gasteiger partial charge in [0.1, 0.15) is 0 Å². The highest BCUT2D eigenvalue weighted by Crippen LogP contribution is 2.25. The Balaban J connectivity index is 2.45. The molecule has 0 saturated carbocycles. The highest BCUT2D eigenvalue weighted by atomic mass is 79.9. The van der Waals surface area contributed by atoms with Crippen LogP contribution in [0, 0.1) is 13.8 Å². The van der Waals surface area contributed by atoms with Gasteiger partial charge >= 0.3 is 0 Å². The van der Waals surface area contributed by atoms with Crippen molar-refractivity contribution in [2.75, 3.05) is 7.05 Å². The van der Waals surface area contributed by atoms with Crippen molar-refractivity contribution >= 4 is 15.9 Å². The minimum atomic E-state index is 0.787. The Morgan fingerprint density at radius 3 is 2.76 bits per heavy atom. The van der Waals surface area contributed by atoms with Crippen molar-refractivity contribution < 1.29 is 0 Å². The molecule has 0 amide bonds. The van der Waals surface area contributed by atoms with Gasteiger partial charge in [0.25, 0.3) is 0 Å². The number of halogens is 1. The maximum absolute atomic E-state index is 4.55. The average molecular weight is 294 g/mol. The summed E-state index contributed by atoms with van der Waals surface area (Å²) in [5, 5.41) is 7.65. The number of rotatable bonds is 3. The lowest BCUT2D eigenvalue weighted by molar-refractivity contribution is 0.754. The molecule has 4 heteroatoms. The van der Waals surface area contributed by atoms with Crippen LogP contribution in [0.2, 0.25) is 0 Å². The van der Waals surface area contributed by atoms with Gasteiger partial charge in [0.05, 0.1) is 11.4 Å². The van der Waals surface area contributed by atoms with E-state index in [0.717, 1.165) is 22.4 Å². The summed E-state index contributed by atoms with van der Waals surface area (Å²) >= 11 is 3.61. The molecule has 0 bridgehead atoms. The number of hydrogen-bond acceptors (Lipinski definition) is 2. The molecule has 2 aromatic rings. The van der Waals surface area contributed by atoms with E-state index >= 15 is 0 Å². The van der Waals surface area contributed by atoms with Gasteiger partial charge in [-0.1, -0.05) is 6.07 Å². The normalized spacial score (nSPS) is 10.8. The lowest BCUT2D eigenvalue weighted by atomic mass is 10.1. The monoisotopic (exact) mass is 293 g/mol. The van der Waals surface area contributed by atoms with Gasteiger partial charge in [-0.3, -0.25) is 0 Å². The summed E-state index contributed by atoms with van der Waals surface area (Å²) < 4.78 is 3.00. The number of nitrogens with zero attached hydrogens (tertiary/aromatic N) is 2. The first-order valence-corrected chi connectivity index (χ1v) is 6.37. The quantitative estimate of drug-likeness (QED) is 0.943. The first kappa shape index (κ1) is 12.3. The second-order valence-corrected chi connectivity index (χ2v) is 5.05. The van der Waals surface area contributed by atoms with Crippen LogP contribution in [-0.2, 0) is 6.54 Å². The molecular formula is C13H16BrN3. The second kappa shape index (κ2) is 5.02. The number of aromatic nitrogens is 2. The highest BCUT2D eigenvalue weighted by Gasteiger charge is 2.08. The Kier molecular flexibility index (Phi) is 3.64. The molecule has 0 atom stereocenters. The zero-order chi connectivity index (χ0) is 12.4. The van der Waals surface area contributed by atoms with Gasteiger partial charge in [-0.2, -0.15) is 5.10 Å². The number of aryl methyl sites for hydroxylation is 2. The van der Waals surface area contributed by atoms with Gasteiger partial charge in [0.2, 0.25) is 0 Å². The molecule has 0 radical (unpaired) electrons. The Labute approximate surface area is 110 Å². The van der Waals surface area contributed by atoms with Crippen molar-refractivity contribution in [3.05, 3.63) is 45.7 Å². The van der Waals surface area contributed by atoms with Crippen LogP contribution in [0.3, 0.4) is 0 Å². The van der Waals surface area contributed by atoms with Gasteiger partial charge in [-0.05, 0) is 60.1 Å². The molecule has 0 saturated heterocycles. The van der Waals surface area contributed by atoms with Crippen molar-refractivity contribution in [1.29, 1.82) is 0 Å². The lowest BCUT2D eigenvalue weighted by Crippen LogP contribution is -2.07. The predicted octanol–water partition coefficient (Wildman–Crippen LogP) is 2.97. The maximum Gasteiger partial charge on any atom is 0.0816 e. The molecule has 17 heavy (non-hydrogen) atoms. The highest BCUT2D eigenvalue weighted by molar-refractivity contribution is 9.10. The van der Waals surface area contributed by atoms with Crippen molar-refractivity contribution in [2.45, 2.75) is 20.4 Å². The summed E-state index contributed by atoms with van der Waals surface area (Å²) in [6.07, 6.45) is 2.00. The molecule has 1 aromatic heterocycles. The smallest absolute Gasteiger partial charge is 0.0816 e. The third-order valence-electron chi connectivity index (χ3n) is 2.63. The minimum absolute atomic E-state index is 0.787. The standard InChI is InChI=1S/C13H16BrN3/c1-9-6-10(2)13(12(14)7-9)17-5-4-11(16-17)8-15-3/h4-7,15H,8H2,1-3H3. The minimum Gasteiger partial charge on any atom is -0.314 e. The van der Waals surface area contributed by atoms with E-state index < -0.39 is 0 Å². The van der Waals surface area contributed by atoms with Crippen LogP contribution >= 0.6 is 15.9 Å². The largest absolute Gasteiger partial charge is 0.314 e. The van der Waals surface area contributed by atoms with E-state index in [2.05, 4.69) is 52.3 Å². The molecule has 1 N–H and O–H groups in total. The molecule has 0 aliphatic rings. The van der Waals surface area contributed by atoms with Crippen LogP contribution in [0.25, 0.3) is 5.69 Å². The van der Waals surface area contributed by atoms with E-state index in [4.69, 9.17) is 0 Å². The van der Waals surface area contributed by atoms with E-state index in [0.29, 0.717) is 0 Å². The van der Waals surface area contributed by atoms with E-state index in [-0.39, 0.29) is 0 Å². The second-order valence-electron chi connectivity index (χ2n) is 4.19. The summed E-state index contributed by atoms with van der Waals surface area (Å²) in [5.74, 6) is 0. The first-order valence-electron chi connectivity index (χ1n) is 5.58. The summed E-state index contributed by atoms with van der Waals surface area (Å²) in [6.45, 7) is 4.99. The van der Waals surface area contributed by atoms with Gasteiger partial charge in [-0.25, -0.2) is 4.68 Å². The van der Waals surface area contributed by atoms with Crippen molar-refractivity contribution in [2.24, 2.45) is 0 Å². The van der Waals surface area contributed by atoms with Crippen LogP contribution in [-0.4, -0.2) is 16.8 Å². The van der Waals surface area contributed by atoms with Gasteiger partial charge in [-0.15, -0.1) is 0 Å². The number of nitrogens with one attached hydrogen (secondary N) is 1. The average Bonchev–Trinajstić information content (AvgIpc) is 2.65.